The third kappa shape index (κ3) is 3.99. The third-order valence-corrected chi connectivity index (χ3v) is 5.74. The normalized spacial score (nSPS) is 13.8. The van der Waals surface area contributed by atoms with Crippen LogP contribution in [0.4, 0.5) is 5.69 Å². The van der Waals surface area contributed by atoms with Crippen molar-refractivity contribution in [1.82, 2.24) is 9.88 Å². The summed E-state index contributed by atoms with van der Waals surface area (Å²) in [4.78, 5) is 19.1. The van der Waals surface area contributed by atoms with E-state index in [1.54, 1.807) is 6.20 Å². The molecule has 30 heavy (non-hydrogen) atoms. The molecule has 1 saturated heterocycles. The van der Waals surface area contributed by atoms with Crippen LogP contribution in [0.25, 0.3) is 10.9 Å². The van der Waals surface area contributed by atoms with Crippen LogP contribution in [-0.2, 0) is 6.54 Å². The molecule has 0 bridgehead atoms. The van der Waals surface area contributed by atoms with Gasteiger partial charge in [-0.15, -0.1) is 0 Å². The first-order valence-corrected chi connectivity index (χ1v) is 10.5. The number of rotatable bonds is 4. The molecule has 0 radical (unpaired) electrons. The lowest BCUT2D eigenvalue weighted by Crippen LogP contribution is -2.35. The number of pyridine rings is 1. The van der Waals surface area contributed by atoms with Gasteiger partial charge in [-0.1, -0.05) is 23.8 Å². The number of likely N-dealkylation sites (tertiary alicyclic amines) is 1. The average Bonchev–Trinajstić information content (AvgIpc) is 2.77. The van der Waals surface area contributed by atoms with Gasteiger partial charge in [0.2, 0.25) is 0 Å². The van der Waals surface area contributed by atoms with Crippen molar-refractivity contribution in [3.05, 3.63) is 70.4 Å². The highest BCUT2D eigenvalue weighted by atomic mass is 16.2. The predicted octanol–water partition coefficient (Wildman–Crippen LogP) is 4.96. The largest absolute Gasteiger partial charge is 0.379 e. The van der Waals surface area contributed by atoms with E-state index in [4.69, 9.17) is 0 Å². The number of nitrogens with zero attached hydrogens (tertiary/aromatic N) is 3. The number of amides is 1. The smallest absolute Gasteiger partial charge is 0.253 e. The van der Waals surface area contributed by atoms with E-state index < -0.39 is 0 Å². The molecule has 1 fully saturated rings. The Kier molecular flexibility index (Phi) is 5.67. The minimum absolute atomic E-state index is 0.118. The highest BCUT2D eigenvalue weighted by molar-refractivity contribution is 5.96. The fourth-order valence-electron chi connectivity index (χ4n) is 4.17. The first kappa shape index (κ1) is 19.9. The van der Waals surface area contributed by atoms with E-state index in [1.807, 2.05) is 43.0 Å². The summed E-state index contributed by atoms with van der Waals surface area (Å²) < 4.78 is 0. The molecule has 3 aromatic rings. The number of hydrogen-bond donors (Lipinski definition) is 1. The van der Waals surface area contributed by atoms with Gasteiger partial charge in [-0.2, -0.15) is 5.26 Å². The quantitative estimate of drug-likeness (QED) is 0.674. The maximum Gasteiger partial charge on any atom is 0.253 e. The fourth-order valence-corrected chi connectivity index (χ4v) is 4.17. The molecule has 0 aliphatic carbocycles. The Bertz CT molecular complexity index is 1120. The average molecular weight is 399 g/mol. The second kappa shape index (κ2) is 8.54. The molecule has 0 atom stereocenters. The maximum absolute atomic E-state index is 12.7. The molecule has 2 aromatic carbocycles. The molecule has 4 rings (SSSR count). The zero-order valence-corrected chi connectivity index (χ0v) is 17.5. The Labute approximate surface area is 177 Å². The van der Waals surface area contributed by atoms with E-state index in [-0.39, 0.29) is 5.91 Å². The van der Waals surface area contributed by atoms with E-state index in [1.165, 1.54) is 6.42 Å². The summed E-state index contributed by atoms with van der Waals surface area (Å²) in [5.74, 6) is 0.118. The van der Waals surface area contributed by atoms with Crippen molar-refractivity contribution < 1.29 is 4.79 Å². The van der Waals surface area contributed by atoms with Gasteiger partial charge in [0, 0.05) is 36.8 Å². The Hall–Kier alpha value is -3.39. The van der Waals surface area contributed by atoms with Gasteiger partial charge < -0.3 is 10.2 Å². The van der Waals surface area contributed by atoms with Gasteiger partial charge >= 0.3 is 0 Å². The summed E-state index contributed by atoms with van der Waals surface area (Å²) in [6.07, 6.45) is 5.02. The van der Waals surface area contributed by atoms with Crippen LogP contribution in [-0.4, -0.2) is 28.9 Å². The summed E-state index contributed by atoms with van der Waals surface area (Å²) in [5, 5.41) is 14.0. The highest BCUT2D eigenvalue weighted by Gasteiger charge is 2.18. The van der Waals surface area contributed by atoms with Gasteiger partial charge in [-0.3, -0.25) is 9.78 Å². The Balaban J connectivity index is 1.54. The summed E-state index contributed by atoms with van der Waals surface area (Å²) in [6, 6.07) is 14.2. The molecular weight excluding hydrogens is 372 g/mol. The van der Waals surface area contributed by atoms with Crippen molar-refractivity contribution in [3.63, 3.8) is 0 Å². The minimum Gasteiger partial charge on any atom is -0.379 e. The second-order valence-corrected chi connectivity index (χ2v) is 8.04. The van der Waals surface area contributed by atoms with Crippen LogP contribution in [0.5, 0.6) is 0 Å². The summed E-state index contributed by atoms with van der Waals surface area (Å²) >= 11 is 0. The molecule has 1 amide bonds. The number of carbonyl (C=O) groups is 1. The summed E-state index contributed by atoms with van der Waals surface area (Å²) in [5.41, 5.74) is 6.28. The number of nitrogens with one attached hydrogen (secondary N) is 1. The van der Waals surface area contributed by atoms with E-state index in [9.17, 15) is 10.1 Å². The number of nitriles is 1. The van der Waals surface area contributed by atoms with Gasteiger partial charge in [0.1, 0.15) is 6.07 Å². The molecule has 1 N–H and O–H groups in total. The third-order valence-electron chi connectivity index (χ3n) is 5.74. The number of aromatic nitrogens is 1. The monoisotopic (exact) mass is 398 g/mol. The van der Waals surface area contributed by atoms with Crippen molar-refractivity contribution in [2.24, 2.45) is 0 Å². The Morgan fingerprint density at radius 3 is 2.57 bits per heavy atom. The summed E-state index contributed by atoms with van der Waals surface area (Å²) in [6.45, 7) is 6.36. The van der Waals surface area contributed by atoms with E-state index in [0.717, 1.165) is 64.8 Å². The minimum atomic E-state index is 0.118. The van der Waals surface area contributed by atoms with Gasteiger partial charge in [0.05, 0.1) is 16.8 Å². The number of hydrogen-bond acceptors (Lipinski definition) is 4. The number of carbonyl (C=O) groups excluding carboxylic acids is 1. The lowest BCUT2D eigenvalue weighted by atomic mass is 10.0. The number of fused-ring (bicyclic) bond motifs is 1. The van der Waals surface area contributed by atoms with Crippen molar-refractivity contribution in [2.45, 2.75) is 39.7 Å². The molecule has 1 aromatic heterocycles. The molecule has 152 valence electrons. The van der Waals surface area contributed by atoms with Crippen LogP contribution >= 0.6 is 0 Å². The van der Waals surface area contributed by atoms with Crippen molar-refractivity contribution in [1.29, 1.82) is 5.26 Å². The van der Waals surface area contributed by atoms with Crippen LogP contribution in [0.1, 0.15) is 51.9 Å². The first-order chi connectivity index (χ1) is 14.6. The van der Waals surface area contributed by atoms with Crippen LogP contribution < -0.4 is 5.32 Å². The van der Waals surface area contributed by atoms with Crippen LogP contribution in [0.15, 0.2) is 42.6 Å². The lowest BCUT2D eigenvalue weighted by Gasteiger charge is -2.26. The first-order valence-electron chi connectivity index (χ1n) is 10.5. The van der Waals surface area contributed by atoms with E-state index in [2.05, 4.69) is 28.5 Å². The summed E-state index contributed by atoms with van der Waals surface area (Å²) in [7, 11) is 0. The van der Waals surface area contributed by atoms with E-state index >= 15 is 0 Å². The molecule has 0 unspecified atom stereocenters. The van der Waals surface area contributed by atoms with Crippen molar-refractivity contribution in [2.75, 3.05) is 18.4 Å². The Morgan fingerprint density at radius 2 is 1.87 bits per heavy atom. The van der Waals surface area contributed by atoms with Gasteiger partial charge in [-0.25, -0.2) is 0 Å². The zero-order chi connectivity index (χ0) is 21.1. The molecular formula is C25H26N4O. The molecule has 0 spiro atoms. The fraction of sp³-hybridized carbons (Fsp3) is 0.320. The topological polar surface area (TPSA) is 69.0 Å². The predicted molar refractivity (Wildman–Crippen MR) is 119 cm³/mol. The van der Waals surface area contributed by atoms with Gasteiger partial charge in [0.15, 0.2) is 0 Å². The maximum atomic E-state index is 12.7. The van der Waals surface area contributed by atoms with Crippen molar-refractivity contribution >= 4 is 22.5 Å². The van der Waals surface area contributed by atoms with Gasteiger partial charge in [0.25, 0.3) is 5.91 Å². The molecule has 2 heterocycles. The number of anilines is 1. The lowest BCUT2D eigenvalue weighted by molar-refractivity contribution is 0.0724. The van der Waals surface area contributed by atoms with Crippen LogP contribution in [0, 0.1) is 25.2 Å². The molecule has 5 heteroatoms. The molecule has 1 aliphatic heterocycles. The molecule has 1 aliphatic rings. The van der Waals surface area contributed by atoms with Crippen molar-refractivity contribution in [3.8, 4) is 6.07 Å². The highest BCUT2D eigenvalue weighted by Crippen LogP contribution is 2.29. The second-order valence-electron chi connectivity index (χ2n) is 8.04. The molecule has 0 saturated carbocycles. The number of piperidine rings is 1. The van der Waals surface area contributed by atoms with Crippen LogP contribution in [0.3, 0.4) is 0 Å². The van der Waals surface area contributed by atoms with Crippen LogP contribution in [0.2, 0.25) is 0 Å². The molecule has 5 nitrogen and oxygen atoms in total. The van der Waals surface area contributed by atoms with E-state index in [0.29, 0.717) is 12.1 Å². The number of benzene rings is 2. The Morgan fingerprint density at radius 1 is 1.13 bits per heavy atom. The standard InChI is InChI=1S/C25H26N4O/c1-17-12-18(2)23-22(13-17)24(21(14-26)16-28-23)27-15-19-6-8-20(9-7-19)25(30)29-10-4-3-5-11-29/h6-9,12-13,16H,3-5,10-11,15H2,1-2H3,(H,27,28). The van der Waals surface area contributed by atoms with Gasteiger partial charge in [-0.05, 0) is 62.4 Å². The zero-order valence-electron chi connectivity index (χ0n) is 17.5. The number of aryl methyl sites for hydroxylation is 2. The SMILES string of the molecule is Cc1cc(C)c2ncc(C#N)c(NCc3ccc(C(=O)N4CCCCC4)cc3)c2c1.